The van der Waals surface area contributed by atoms with Gasteiger partial charge in [0.15, 0.2) is 5.76 Å². The molecule has 0 aliphatic rings. The van der Waals surface area contributed by atoms with Gasteiger partial charge in [-0.25, -0.2) is 0 Å². The second-order valence-corrected chi connectivity index (χ2v) is 6.75. The van der Waals surface area contributed by atoms with E-state index in [1.165, 1.54) is 6.26 Å². The van der Waals surface area contributed by atoms with Crippen molar-refractivity contribution in [2.24, 2.45) is 0 Å². The Morgan fingerprint density at radius 3 is 2.74 bits per heavy atom. The lowest BCUT2D eigenvalue weighted by Gasteiger charge is -2.14. The standard InChI is InChI=1S/C20H24N4O3/c1-14(21-20(26)18-5-4-12-27-18)19(25)22-16-6-7-17-15(13-16)8-9-24(17)11-10-23(2)3/h4-9,12-14H,10-11H2,1-3H3,(H,21,26)(H,22,25). The Balaban J connectivity index is 1.63. The van der Waals surface area contributed by atoms with E-state index in [0.29, 0.717) is 5.69 Å². The molecule has 2 aromatic heterocycles. The van der Waals surface area contributed by atoms with E-state index >= 15 is 0 Å². The molecule has 7 heteroatoms. The van der Waals surface area contributed by atoms with E-state index < -0.39 is 11.9 Å². The third-order valence-corrected chi connectivity index (χ3v) is 4.31. The molecule has 0 saturated heterocycles. The number of furan rings is 1. The van der Waals surface area contributed by atoms with Gasteiger partial charge >= 0.3 is 0 Å². The number of likely N-dealkylation sites (N-methyl/N-ethyl adjacent to an activating group) is 1. The summed E-state index contributed by atoms with van der Waals surface area (Å²) in [6.45, 7) is 3.49. The summed E-state index contributed by atoms with van der Waals surface area (Å²) in [6.07, 6.45) is 3.46. The number of carbonyl (C=O) groups excluding carboxylic acids is 2. The molecule has 0 aliphatic carbocycles. The molecule has 2 amide bonds. The van der Waals surface area contributed by atoms with Gasteiger partial charge < -0.3 is 24.5 Å². The number of nitrogens with zero attached hydrogens (tertiary/aromatic N) is 2. The molecule has 0 fully saturated rings. The highest BCUT2D eigenvalue weighted by Gasteiger charge is 2.18. The largest absolute Gasteiger partial charge is 0.459 e. The average Bonchev–Trinajstić information content (AvgIpc) is 3.29. The Bertz CT molecular complexity index is 928. The van der Waals surface area contributed by atoms with Crippen LogP contribution in [-0.4, -0.2) is 48.0 Å². The summed E-state index contributed by atoms with van der Waals surface area (Å²) in [5.41, 5.74) is 1.81. The first-order valence-electron chi connectivity index (χ1n) is 8.83. The number of amides is 2. The minimum Gasteiger partial charge on any atom is -0.459 e. The van der Waals surface area contributed by atoms with Crippen LogP contribution in [0, 0.1) is 0 Å². The van der Waals surface area contributed by atoms with Gasteiger partial charge in [0.25, 0.3) is 5.91 Å². The quantitative estimate of drug-likeness (QED) is 0.672. The monoisotopic (exact) mass is 368 g/mol. The van der Waals surface area contributed by atoms with Gasteiger partial charge in [-0.1, -0.05) is 0 Å². The highest BCUT2D eigenvalue weighted by atomic mass is 16.3. The van der Waals surface area contributed by atoms with Crippen molar-refractivity contribution in [3.63, 3.8) is 0 Å². The molecule has 7 nitrogen and oxygen atoms in total. The Hall–Kier alpha value is -3.06. The number of nitrogens with one attached hydrogen (secondary N) is 2. The average molecular weight is 368 g/mol. The highest BCUT2D eigenvalue weighted by molar-refractivity contribution is 6.00. The first-order chi connectivity index (χ1) is 12.9. The van der Waals surface area contributed by atoms with E-state index in [-0.39, 0.29) is 11.7 Å². The van der Waals surface area contributed by atoms with Gasteiger partial charge in [0.05, 0.1) is 6.26 Å². The topological polar surface area (TPSA) is 79.5 Å². The lowest BCUT2D eigenvalue weighted by molar-refractivity contribution is -0.117. The lowest BCUT2D eigenvalue weighted by Crippen LogP contribution is -2.41. The van der Waals surface area contributed by atoms with Crippen LogP contribution in [0.1, 0.15) is 17.5 Å². The number of anilines is 1. The van der Waals surface area contributed by atoms with Crippen molar-refractivity contribution in [3.05, 3.63) is 54.6 Å². The normalized spacial score (nSPS) is 12.3. The minimum atomic E-state index is -0.692. The van der Waals surface area contributed by atoms with Crippen LogP contribution < -0.4 is 10.6 Å². The molecule has 3 rings (SSSR count). The number of benzene rings is 1. The molecule has 2 heterocycles. The molecule has 2 N–H and O–H groups in total. The van der Waals surface area contributed by atoms with Crippen LogP contribution in [0.15, 0.2) is 53.3 Å². The van der Waals surface area contributed by atoms with E-state index in [4.69, 9.17) is 4.42 Å². The molecular formula is C20H24N4O3. The van der Waals surface area contributed by atoms with Crippen LogP contribution in [0.4, 0.5) is 5.69 Å². The zero-order valence-corrected chi connectivity index (χ0v) is 15.7. The van der Waals surface area contributed by atoms with E-state index in [1.54, 1.807) is 19.1 Å². The number of rotatable bonds is 7. The molecule has 0 radical (unpaired) electrons. The smallest absolute Gasteiger partial charge is 0.287 e. The van der Waals surface area contributed by atoms with E-state index in [9.17, 15) is 9.59 Å². The summed E-state index contributed by atoms with van der Waals surface area (Å²) < 4.78 is 7.22. The third-order valence-electron chi connectivity index (χ3n) is 4.31. The van der Waals surface area contributed by atoms with Gasteiger partial charge in [0, 0.05) is 35.9 Å². The number of carbonyl (C=O) groups is 2. The van der Waals surface area contributed by atoms with Crippen LogP contribution in [0.5, 0.6) is 0 Å². The molecule has 27 heavy (non-hydrogen) atoms. The Labute approximate surface area is 157 Å². The van der Waals surface area contributed by atoms with Gasteiger partial charge in [-0.3, -0.25) is 9.59 Å². The first kappa shape index (κ1) is 18.7. The third kappa shape index (κ3) is 4.57. The molecule has 0 spiro atoms. The molecule has 1 unspecified atom stereocenters. The zero-order chi connectivity index (χ0) is 19.4. The van der Waals surface area contributed by atoms with Gasteiger partial charge in [0.2, 0.25) is 5.91 Å². The fraction of sp³-hybridized carbons (Fsp3) is 0.300. The van der Waals surface area contributed by atoms with Crippen LogP contribution in [0.25, 0.3) is 10.9 Å². The Morgan fingerprint density at radius 2 is 2.04 bits per heavy atom. The van der Waals surface area contributed by atoms with Crippen LogP contribution in [-0.2, 0) is 11.3 Å². The molecule has 142 valence electrons. The molecule has 0 saturated carbocycles. The molecule has 1 aromatic carbocycles. The van der Waals surface area contributed by atoms with E-state index in [2.05, 4.69) is 20.1 Å². The fourth-order valence-corrected chi connectivity index (χ4v) is 2.77. The molecule has 0 aliphatic heterocycles. The van der Waals surface area contributed by atoms with Crippen LogP contribution >= 0.6 is 0 Å². The van der Waals surface area contributed by atoms with Crippen molar-refractivity contribution in [1.29, 1.82) is 0 Å². The second kappa shape index (κ2) is 8.09. The fourth-order valence-electron chi connectivity index (χ4n) is 2.77. The van der Waals surface area contributed by atoms with E-state index in [0.717, 1.165) is 24.0 Å². The summed E-state index contributed by atoms with van der Waals surface area (Å²) in [5.74, 6) is -0.535. The zero-order valence-electron chi connectivity index (χ0n) is 15.7. The van der Waals surface area contributed by atoms with Crippen molar-refractivity contribution >= 4 is 28.4 Å². The maximum atomic E-state index is 12.4. The van der Waals surface area contributed by atoms with Gasteiger partial charge in [0.1, 0.15) is 6.04 Å². The van der Waals surface area contributed by atoms with Crippen molar-refractivity contribution in [2.45, 2.75) is 19.5 Å². The molecule has 0 bridgehead atoms. The van der Waals surface area contributed by atoms with Gasteiger partial charge in [-0.15, -0.1) is 0 Å². The van der Waals surface area contributed by atoms with Crippen molar-refractivity contribution in [1.82, 2.24) is 14.8 Å². The Morgan fingerprint density at radius 1 is 1.22 bits per heavy atom. The number of aromatic nitrogens is 1. The summed E-state index contributed by atoms with van der Waals surface area (Å²) in [5, 5.41) is 6.51. The molecule has 1 atom stereocenters. The SMILES string of the molecule is CC(NC(=O)c1ccco1)C(=O)Nc1ccc2c(ccn2CCN(C)C)c1. The summed E-state index contributed by atoms with van der Waals surface area (Å²) in [4.78, 5) is 26.5. The lowest BCUT2D eigenvalue weighted by atomic mass is 10.2. The van der Waals surface area contributed by atoms with Crippen molar-refractivity contribution < 1.29 is 14.0 Å². The van der Waals surface area contributed by atoms with Crippen molar-refractivity contribution in [3.8, 4) is 0 Å². The highest BCUT2D eigenvalue weighted by Crippen LogP contribution is 2.21. The maximum absolute atomic E-state index is 12.4. The summed E-state index contributed by atoms with van der Waals surface area (Å²) in [6, 6.07) is 10.3. The Kier molecular flexibility index (Phi) is 5.61. The first-order valence-corrected chi connectivity index (χ1v) is 8.83. The van der Waals surface area contributed by atoms with Gasteiger partial charge in [-0.2, -0.15) is 0 Å². The number of fused-ring (bicyclic) bond motifs is 1. The summed E-state index contributed by atoms with van der Waals surface area (Å²) >= 11 is 0. The molecule has 3 aromatic rings. The summed E-state index contributed by atoms with van der Waals surface area (Å²) in [7, 11) is 4.09. The predicted molar refractivity (Wildman–Crippen MR) is 105 cm³/mol. The second-order valence-electron chi connectivity index (χ2n) is 6.75. The van der Waals surface area contributed by atoms with E-state index in [1.807, 2.05) is 44.6 Å². The minimum absolute atomic E-state index is 0.176. The number of hydrogen-bond donors (Lipinski definition) is 2. The van der Waals surface area contributed by atoms with Crippen LogP contribution in [0.3, 0.4) is 0 Å². The number of hydrogen-bond acceptors (Lipinski definition) is 4. The molecular weight excluding hydrogens is 344 g/mol. The van der Waals surface area contributed by atoms with Crippen molar-refractivity contribution in [2.75, 3.05) is 26.0 Å². The maximum Gasteiger partial charge on any atom is 0.287 e. The van der Waals surface area contributed by atoms with Crippen LogP contribution in [0.2, 0.25) is 0 Å². The van der Waals surface area contributed by atoms with Gasteiger partial charge in [-0.05, 0) is 57.4 Å². The predicted octanol–water partition coefficient (Wildman–Crippen LogP) is 2.55.